The third-order valence-electron chi connectivity index (χ3n) is 11.2. The Morgan fingerprint density at radius 1 is 0.527 bits per heavy atom. The zero-order chi connectivity index (χ0) is 53.5. The van der Waals surface area contributed by atoms with Crippen molar-refractivity contribution in [1.82, 2.24) is 24.8 Å². The number of anilines is 2. The molecule has 7 rings (SSSR count). The Balaban J connectivity index is 0.961. The number of hydrogen-bond acceptors (Lipinski definition) is 9. The van der Waals surface area contributed by atoms with Crippen molar-refractivity contribution in [3.8, 4) is 11.4 Å². The van der Waals surface area contributed by atoms with Gasteiger partial charge in [-0.3, -0.25) is 28.3 Å². The SMILES string of the molecule is Cc1c(S(=O)c2ccc(F)cc2)cc(C(=O)NCCCNc2cccc(NCCCNC(=O)c3cc(S(=O)c4ccc(F)cc4)c(C)n(-c4cccc(C(F)(F)F)c4)c3=O)n2)c(=O)n1-c1cccc(C(F)(F)F)c1. The molecule has 74 heavy (non-hydrogen) atoms. The largest absolute Gasteiger partial charge is 0.416 e. The fraction of sp³-hybridized carbons (Fsp3) is 0.196. The van der Waals surface area contributed by atoms with Gasteiger partial charge in [-0.05, 0) is 136 Å². The lowest BCUT2D eigenvalue weighted by atomic mass is 10.1. The van der Waals surface area contributed by atoms with Crippen molar-refractivity contribution in [3.05, 3.63) is 193 Å². The average molecular weight is 1070 g/mol. The zero-order valence-corrected chi connectivity index (χ0v) is 40.6. The topological polar surface area (TPSA) is 173 Å². The first-order chi connectivity index (χ1) is 35.1. The first kappa shape index (κ1) is 54.0. The summed E-state index contributed by atoms with van der Waals surface area (Å²) >= 11 is 0. The van der Waals surface area contributed by atoms with E-state index in [1.54, 1.807) is 18.2 Å². The van der Waals surface area contributed by atoms with Gasteiger partial charge in [-0.15, -0.1) is 0 Å². The lowest BCUT2D eigenvalue weighted by Gasteiger charge is -2.18. The van der Waals surface area contributed by atoms with Gasteiger partial charge in [0.1, 0.15) is 34.4 Å². The van der Waals surface area contributed by atoms with Gasteiger partial charge in [0.15, 0.2) is 0 Å². The van der Waals surface area contributed by atoms with Crippen LogP contribution in [-0.4, -0.2) is 60.5 Å². The molecule has 2 atom stereocenters. The summed E-state index contributed by atoms with van der Waals surface area (Å²) in [5, 5.41) is 11.4. The number of carbonyl (C=O) groups excluding carboxylic acids is 2. The van der Waals surface area contributed by atoms with Crippen LogP contribution in [0.1, 0.15) is 56.1 Å². The lowest BCUT2D eigenvalue weighted by molar-refractivity contribution is -0.138. The Morgan fingerprint density at radius 3 is 1.26 bits per heavy atom. The second-order valence-electron chi connectivity index (χ2n) is 16.3. The van der Waals surface area contributed by atoms with E-state index in [0.29, 0.717) is 24.5 Å². The number of carbonyl (C=O) groups is 2. The monoisotopic (exact) mass is 1070 g/mol. The number of rotatable bonds is 18. The Kier molecular flexibility index (Phi) is 16.8. The van der Waals surface area contributed by atoms with E-state index in [-0.39, 0.29) is 68.5 Å². The van der Waals surface area contributed by atoms with Gasteiger partial charge in [0.2, 0.25) is 0 Å². The molecule has 13 nitrogen and oxygen atoms in total. The van der Waals surface area contributed by atoms with Crippen LogP contribution in [-0.2, 0) is 34.0 Å². The van der Waals surface area contributed by atoms with Crippen molar-refractivity contribution in [2.45, 2.75) is 58.6 Å². The molecule has 4 aromatic carbocycles. The molecule has 0 aliphatic carbocycles. The Hall–Kier alpha value is -7.79. The van der Waals surface area contributed by atoms with Crippen molar-refractivity contribution in [3.63, 3.8) is 0 Å². The fourth-order valence-corrected chi connectivity index (χ4v) is 9.97. The van der Waals surface area contributed by atoms with Gasteiger partial charge in [0.05, 0.1) is 42.5 Å². The molecule has 7 aromatic rings. The first-order valence-corrected chi connectivity index (χ1v) is 24.7. The third kappa shape index (κ3) is 12.7. The molecule has 2 unspecified atom stereocenters. The number of nitrogens with one attached hydrogen (secondary N) is 4. The molecule has 2 amide bonds. The predicted molar refractivity (Wildman–Crippen MR) is 261 cm³/mol. The molecule has 386 valence electrons. The molecule has 0 fully saturated rings. The molecule has 0 aliphatic heterocycles. The molecule has 23 heteroatoms. The van der Waals surface area contributed by atoms with Crippen molar-refractivity contribution in [1.29, 1.82) is 0 Å². The van der Waals surface area contributed by atoms with E-state index >= 15 is 0 Å². The highest BCUT2D eigenvalue weighted by atomic mass is 32.2. The molecule has 4 N–H and O–H groups in total. The number of benzene rings is 4. The quantitative estimate of drug-likeness (QED) is 0.0483. The normalized spacial score (nSPS) is 12.5. The van der Waals surface area contributed by atoms with E-state index in [0.717, 1.165) is 81.9 Å². The standard InChI is InChI=1S/C51H43F8N7O6S2/c1-30-42(73(71)38-18-14-34(52)15-19-38)28-40(48(69)65(30)36-10-3-8-32(26-36)50(54,55)56)46(67)62-24-6-22-60-44-12-5-13-45(64-44)61-23-7-25-63-47(68)41-29-43(74(72)39-20-16-35(53)17-21-39)31(2)66(49(41)70)37-11-4-9-33(27-37)51(57,58)59/h3-5,8-21,26-29H,6-7,22-25H2,1-2H3,(H,62,67)(H,63,68)(H2,60,61,64). The van der Waals surface area contributed by atoms with Gasteiger partial charge in [0, 0.05) is 58.7 Å². The summed E-state index contributed by atoms with van der Waals surface area (Å²) in [5.74, 6) is -2.13. The van der Waals surface area contributed by atoms with Crippen molar-refractivity contribution in [2.75, 3.05) is 36.8 Å². The second-order valence-corrected chi connectivity index (χ2v) is 19.2. The van der Waals surface area contributed by atoms with Crippen LogP contribution < -0.4 is 32.4 Å². The minimum absolute atomic E-state index is 0.00313. The van der Waals surface area contributed by atoms with Crippen molar-refractivity contribution in [2.24, 2.45) is 0 Å². The van der Waals surface area contributed by atoms with E-state index in [4.69, 9.17) is 0 Å². The number of amides is 2. The summed E-state index contributed by atoms with van der Waals surface area (Å²) in [6, 6.07) is 24.3. The summed E-state index contributed by atoms with van der Waals surface area (Å²) in [5.41, 5.74) is -5.49. The van der Waals surface area contributed by atoms with Gasteiger partial charge in [0.25, 0.3) is 22.9 Å². The van der Waals surface area contributed by atoms with Crippen LogP contribution in [0.15, 0.2) is 157 Å². The van der Waals surface area contributed by atoms with Crippen LogP contribution in [0.4, 0.5) is 46.8 Å². The van der Waals surface area contributed by atoms with Crippen LogP contribution in [0, 0.1) is 25.5 Å². The smallest absolute Gasteiger partial charge is 0.370 e. The summed E-state index contributed by atoms with van der Waals surface area (Å²) in [6.07, 6.45) is -8.93. The van der Waals surface area contributed by atoms with Crippen molar-refractivity contribution >= 4 is 45.0 Å². The maximum absolute atomic E-state index is 13.8. The van der Waals surface area contributed by atoms with Gasteiger partial charge < -0.3 is 21.3 Å². The predicted octanol–water partition coefficient (Wildman–Crippen LogP) is 9.11. The maximum atomic E-state index is 13.8. The number of alkyl halides is 6. The number of nitrogens with zero attached hydrogens (tertiary/aromatic N) is 3. The molecule has 0 spiro atoms. The molecular weight excluding hydrogens is 1020 g/mol. The lowest BCUT2D eigenvalue weighted by Crippen LogP contribution is -2.35. The molecule has 0 aliphatic rings. The highest BCUT2D eigenvalue weighted by molar-refractivity contribution is 7.85. The highest BCUT2D eigenvalue weighted by Gasteiger charge is 2.33. The number of hydrogen-bond donors (Lipinski definition) is 4. The molecule has 0 saturated heterocycles. The van der Waals surface area contributed by atoms with Crippen molar-refractivity contribution < 1.29 is 53.1 Å². The van der Waals surface area contributed by atoms with E-state index in [2.05, 4.69) is 26.3 Å². The van der Waals surface area contributed by atoms with Crippen LogP contribution >= 0.6 is 0 Å². The molecule has 0 bridgehead atoms. The summed E-state index contributed by atoms with van der Waals surface area (Å²) < 4.78 is 139. The molecule has 3 heterocycles. The van der Waals surface area contributed by atoms with Gasteiger partial charge in [-0.1, -0.05) is 18.2 Å². The van der Waals surface area contributed by atoms with Gasteiger partial charge in [-0.2, -0.15) is 26.3 Å². The fourth-order valence-electron chi connectivity index (χ4n) is 7.53. The summed E-state index contributed by atoms with van der Waals surface area (Å²) in [7, 11) is -4.18. The van der Waals surface area contributed by atoms with E-state index in [9.17, 15) is 62.7 Å². The number of halogens is 8. The van der Waals surface area contributed by atoms with Crippen LogP contribution in [0.5, 0.6) is 0 Å². The van der Waals surface area contributed by atoms with Crippen LogP contribution in [0.3, 0.4) is 0 Å². The number of aromatic nitrogens is 3. The maximum Gasteiger partial charge on any atom is 0.416 e. The minimum atomic E-state index is -4.76. The Labute approximate surface area is 421 Å². The van der Waals surface area contributed by atoms with Gasteiger partial charge >= 0.3 is 12.4 Å². The average Bonchev–Trinajstić information content (AvgIpc) is 3.36. The number of pyridine rings is 3. The second kappa shape index (κ2) is 23.0. The zero-order valence-electron chi connectivity index (χ0n) is 39.0. The summed E-state index contributed by atoms with van der Waals surface area (Å²) in [6.45, 7) is 3.29. The molecular formula is C51H43F8N7O6S2. The van der Waals surface area contributed by atoms with E-state index in [1.807, 2.05) is 0 Å². The highest BCUT2D eigenvalue weighted by Crippen LogP contribution is 2.33. The molecule has 3 aromatic heterocycles. The van der Waals surface area contributed by atoms with Gasteiger partial charge in [-0.25, -0.2) is 22.2 Å². The first-order valence-electron chi connectivity index (χ1n) is 22.4. The van der Waals surface area contributed by atoms with E-state index in [1.165, 1.54) is 50.2 Å². The Morgan fingerprint density at radius 2 is 0.892 bits per heavy atom. The molecule has 0 saturated carbocycles. The summed E-state index contributed by atoms with van der Waals surface area (Å²) in [4.78, 5) is 59.3. The van der Waals surface area contributed by atoms with Crippen LogP contribution in [0.25, 0.3) is 11.4 Å². The van der Waals surface area contributed by atoms with Crippen LogP contribution in [0.2, 0.25) is 0 Å². The third-order valence-corrected chi connectivity index (χ3v) is 14.3. The van der Waals surface area contributed by atoms with E-state index < -0.39 is 90.8 Å². The molecule has 0 radical (unpaired) electrons. The Bertz CT molecular complexity index is 3180. The minimum Gasteiger partial charge on any atom is -0.370 e.